The highest BCUT2D eigenvalue weighted by atomic mass is 32.1. The minimum Gasteiger partial charge on any atom is -0.294 e. The second-order valence-electron chi connectivity index (χ2n) is 5.17. The van der Waals surface area contributed by atoms with Crippen molar-refractivity contribution in [2.75, 3.05) is 0 Å². The number of ketones is 1. The largest absolute Gasteiger partial charge is 0.294 e. The number of carbonyl (C=O) groups excluding carboxylic acids is 1. The molecule has 4 rings (SSSR count). The van der Waals surface area contributed by atoms with Gasteiger partial charge in [0.2, 0.25) is 0 Å². The Morgan fingerprint density at radius 1 is 1.13 bits per heavy atom. The van der Waals surface area contributed by atoms with Crippen LogP contribution in [-0.4, -0.2) is 10.8 Å². The number of Topliss-reactive ketones (excluding diaryl/α,β-unsaturated/α-hetero) is 1. The number of para-hydroxylation sites is 1. The summed E-state index contributed by atoms with van der Waals surface area (Å²) in [4.78, 5) is 22.5. The van der Waals surface area contributed by atoms with E-state index in [9.17, 15) is 4.79 Å². The van der Waals surface area contributed by atoms with Crippen LogP contribution in [0.15, 0.2) is 58.9 Å². The van der Waals surface area contributed by atoms with Crippen molar-refractivity contribution in [1.29, 1.82) is 0 Å². The summed E-state index contributed by atoms with van der Waals surface area (Å²) in [5.74, 6) is 0.0767. The van der Waals surface area contributed by atoms with Gasteiger partial charge in [0.25, 0.3) is 0 Å². The van der Waals surface area contributed by atoms with E-state index in [1.54, 1.807) is 18.3 Å². The van der Waals surface area contributed by atoms with Crippen LogP contribution >= 0.6 is 22.7 Å². The van der Waals surface area contributed by atoms with Gasteiger partial charge < -0.3 is 0 Å². The third-order valence-electron chi connectivity index (χ3n) is 3.46. The van der Waals surface area contributed by atoms with E-state index in [2.05, 4.69) is 16.0 Å². The molecule has 1 aliphatic heterocycles. The third-order valence-corrected chi connectivity index (χ3v) is 5.59. The normalized spacial score (nSPS) is 12.1. The number of fused-ring (bicyclic) bond motifs is 2. The first kappa shape index (κ1) is 14.2. The molecule has 0 spiro atoms. The van der Waals surface area contributed by atoms with Crippen molar-refractivity contribution in [3.05, 3.63) is 64.1 Å². The molecule has 0 atom stereocenters. The summed E-state index contributed by atoms with van der Waals surface area (Å²) < 4.78 is 1.16. The number of benzene rings is 2. The molecule has 1 aromatic carbocycles. The highest BCUT2D eigenvalue weighted by molar-refractivity contribution is 7.21. The van der Waals surface area contributed by atoms with E-state index in [1.807, 2.05) is 47.8 Å². The van der Waals surface area contributed by atoms with E-state index in [4.69, 9.17) is 0 Å². The Morgan fingerprint density at radius 2 is 2.00 bits per heavy atom. The predicted molar refractivity (Wildman–Crippen MR) is 95.8 cm³/mol. The van der Waals surface area contributed by atoms with Crippen molar-refractivity contribution in [1.82, 2.24) is 4.98 Å². The van der Waals surface area contributed by atoms with Crippen LogP contribution in [0.1, 0.15) is 16.6 Å². The molecule has 1 aromatic heterocycles. The Kier molecular flexibility index (Phi) is 3.52. The quantitative estimate of drug-likeness (QED) is 0.386. The molecule has 5 heteroatoms. The average Bonchev–Trinajstić information content (AvgIpc) is 3.01. The Labute approximate surface area is 141 Å². The van der Waals surface area contributed by atoms with Crippen molar-refractivity contribution in [3.63, 3.8) is 0 Å². The molecule has 2 aliphatic rings. The summed E-state index contributed by atoms with van der Waals surface area (Å²) in [5.41, 5.74) is 2.80. The number of thiophene rings is 1. The SMILES string of the molecule is CC(=O)c1cc(N=c2ccc3nc4ccccc4sc-3c2)cs1. The van der Waals surface area contributed by atoms with E-state index in [1.165, 1.54) is 11.3 Å². The van der Waals surface area contributed by atoms with Crippen molar-refractivity contribution in [3.8, 4) is 10.6 Å². The van der Waals surface area contributed by atoms with Crippen LogP contribution in [-0.2, 0) is 0 Å². The minimum absolute atomic E-state index is 0.0767. The van der Waals surface area contributed by atoms with Crippen molar-refractivity contribution in [2.45, 2.75) is 6.92 Å². The maximum Gasteiger partial charge on any atom is 0.169 e. The molecule has 0 amide bonds. The van der Waals surface area contributed by atoms with Gasteiger partial charge in [-0.1, -0.05) is 12.1 Å². The molecule has 112 valence electrons. The molecule has 0 unspecified atom stereocenters. The summed E-state index contributed by atoms with van der Waals surface area (Å²) in [6.07, 6.45) is 0. The zero-order valence-electron chi connectivity index (χ0n) is 12.3. The summed E-state index contributed by atoms with van der Waals surface area (Å²) in [7, 11) is 0. The smallest absolute Gasteiger partial charge is 0.169 e. The molecule has 0 N–H and O–H groups in total. The van der Waals surface area contributed by atoms with Gasteiger partial charge in [-0.05, 0) is 43.3 Å². The van der Waals surface area contributed by atoms with Crippen LogP contribution in [0.4, 0.5) is 5.69 Å². The molecule has 0 fully saturated rings. The number of aromatic nitrogens is 1. The van der Waals surface area contributed by atoms with Crippen LogP contribution in [0.3, 0.4) is 0 Å². The van der Waals surface area contributed by atoms with Crippen LogP contribution in [0, 0.1) is 0 Å². The van der Waals surface area contributed by atoms with Crippen LogP contribution in [0.25, 0.3) is 20.8 Å². The number of rotatable bonds is 2. The highest BCUT2D eigenvalue weighted by Crippen LogP contribution is 2.29. The van der Waals surface area contributed by atoms with Gasteiger partial charge in [0.15, 0.2) is 5.78 Å². The van der Waals surface area contributed by atoms with Crippen molar-refractivity contribution < 1.29 is 4.79 Å². The fraction of sp³-hybridized carbons (Fsp3) is 0.0556. The number of carbonyl (C=O) groups is 1. The summed E-state index contributed by atoms with van der Waals surface area (Å²) in [6, 6.07) is 16.0. The lowest BCUT2D eigenvalue weighted by molar-refractivity contribution is 0.102. The van der Waals surface area contributed by atoms with Gasteiger partial charge in [-0.25, -0.2) is 9.98 Å². The first-order valence-electron chi connectivity index (χ1n) is 7.13. The lowest BCUT2D eigenvalue weighted by Crippen LogP contribution is -2.00. The summed E-state index contributed by atoms with van der Waals surface area (Å²) >= 11 is 3.14. The standard InChI is InChI=1S/C18H12N2OS2/c1-11(21)17-9-13(10-22-17)19-12-6-7-15-18(8-12)23-16-5-3-2-4-14(16)20-15/h2-10H,1H3. The van der Waals surface area contributed by atoms with Crippen LogP contribution < -0.4 is 5.36 Å². The molecular weight excluding hydrogens is 324 g/mol. The van der Waals surface area contributed by atoms with Gasteiger partial charge in [-0.3, -0.25) is 4.79 Å². The van der Waals surface area contributed by atoms with E-state index in [-0.39, 0.29) is 5.78 Å². The molecule has 0 radical (unpaired) electrons. The molecule has 23 heavy (non-hydrogen) atoms. The van der Waals surface area contributed by atoms with Gasteiger partial charge in [0.1, 0.15) is 0 Å². The van der Waals surface area contributed by atoms with Gasteiger partial charge in [-0.15, -0.1) is 22.7 Å². The third kappa shape index (κ3) is 2.81. The van der Waals surface area contributed by atoms with Gasteiger partial charge in [-0.2, -0.15) is 0 Å². The summed E-state index contributed by atoms with van der Waals surface area (Å²) in [5, 5.41) is 2.78. The van der Waals surface area contributed by atoms with E-state index in [0.29, 0.717) is 0 Å². The van der Waals surface area contributed by atoms with Crippen molar-refractivity contribution in [2.24, 2.45) is 4.99 Å². The zero-order valence-corrected chi connectivity index (χ0v) is 13.9. The molecule has 1 aliphatic carbocycles. The average molecular weight is 336 g/mol. The number of nitrogens with zero attached hydrogens (tertiary/aromatic N) is 2. The fourth-order valence-electron chi connectivity index (χ4n) is 2.35. The molecule has 0 saturated carbocycles. The van der Waals surface area contributed by atoms with E-state index < -0.39 is 0 Å². The zero-order chi connectivity index (χ0) is 15.8. The second kappa shape index (κ2) is 5.68. The monoisotopic (exact) mass is 336 g/mol. The predicted octanol–water partition coefficient (Wildman–Crippen LogP) is 4.90. The van der Waals surface area contributed by atoms with E-state index >= 15 is 0 Å². The van der Waals surface area contributed by atoms with Crippen molar-refractivity contribution >= 4 is 44.4 Å². The Balaban J connectivity index is 1.84. The topological polar surface area (TPSA) is 42.3 Å². The Morgan fingerprint density at radius 3 is 2.83 bits per heavy atom. The first-order valence-corrected chi connectivity index (χ1v) is 8.82. The van der Waals surface area contributed by atoms with Crippen LogP contribution in [0.5, 0.6) is 0 Å². The Bertz CT molecular complexity index is 1060. The van der Waals surface area contributed by atoms with Crippen LogP contribution in [0.2, 0.25) is 0 Å². The first-order chi connectivity index (χ1) is 11.2. The lowest BCUT2D eigenvalue weighted by atomic mass is 10.2. The molecule has 3 nitrogen and oxygen atoms in total. The molecule has 2 aromatic rings. The minimum atomic E-state index is 0.0767. The highest BCUT2D eigenvalue weighted by Gasteiger charge is 2.07. The second-order valence-corrected chi connectivity index (χ2v) is 7.17. The van der Waals surface area contributed by atoms with E-state index in [0.717, 1.165) is 36.7 Å². The number of hydrogen-bond acceptors (Lipinski definition) is 5. The molecule has 0 bridgehead atoms. The van der Waals surface area contributed by atoms with Gasteiger partial charge >= 0.3 is 0 Å². The molecular formula is C18H12N2OS2. The molecule has 0 saturated heterocycles. The number of hydrogen-bond donors (Lipinski definition) is 0. The van der Waals surface area contributed by atoms with Gasteiger partial charge in [0, 0.05) is 5.38 Å². The maximum atomic E-state index is 11.4. The fourth-order valence-corrected chi connectivity index (χ4v) is 4.07. The maximum absolute atomic E-state index is 11.4. The lowest BCUT2D eigenvalue weighted by Gasteiger charge is -2.05. The molecule has 2 heterocycles. The summed E-state index contributed by atoms with van der Waals surface area (Å²) in [6.45, 7) is 1.57. The van der Waals surface area contributed by atoms with Gasteiger partial charge in [0.05, 0.1) is 36.7 Å². The Hall–Kier alpha value is -2.37.